The number of benzene rings is 1. The Kier molecular flexibility index (Phi) is 4.78. The summed E-state index contributed by atoms with van der Waals surface area (Å²) >= 11 is 0. The van der Waals surface area contributed by atoms with Gasteiger partial charge in [-0.3, -0.25) is 4.79 Å². The number of para-hydroxylation sites is 1. The highest BCUT2D eigenvalue weighted by Gasteiger charge is 2.18. The van der Waals surface area contributed by atoms with Crippen LogP contribution in [0.2, 0.25) is 0 Å². The molecule has 0 fully saturated rings. The molecule has 0 bridgehead atoms. The van der Waals surface area contributed by atoms with Gasteiger partial charge in [0.05, 0.1) is 5.56 Å². The second-order valence-electron chi connectivity index (χ2n) is 5.91. The molecule has 5 nitrogen and oxygen atoms in total. The molecule has 0 radical (unpaired) electrons. The number of rotatable bonds is 4. The van der Waals surface area contributed by atoms with E-state index in [1.807, 2.05) is 0 Å². The monoisotopic (exact) mass is 266 g/mol. The smallest absolute Gasteiger partial charge is 0.255 e. The summed E-state index contributed by atoms with van der Waals surface area (Å²) in [7, 11) is 0. The van der Waals surface area contributed by atoms with E-state index in [0.717, 1.165) is 6.42 Å². The molecule has 0 aliphatic heterocycles. The van der Waals surface area contributed by atoms with Gasteiger partial charge in [-0.05, 0) is 24.0 Å². The highest BCUT2D eigenvalue weighted by atomic mass is 16.3. The molecule has 1 atom stereocenters. The zero-order valence-electron chi connectivity index (χ0n) is 11.6. The molecule has 5 N–H and O–H groups in total. The lowest BCUT2D eigenvalue weighted by Crippen LogP contribution is -2.39. The number of nitrogens with two attached hydrogens (primary N) is 1. The minimum atomic E-state index is -0.447. The van der Waals surface area contributed by atoms with E-state index in [1.165, 1.54) is 18.2 Å². The van der Waals surface area contributed by atoms with Crippen LogP contribution in [0.3, 0.4) is 0 Å². The molecule has 0 spiro atoms. The van der Waals surface area contributed by atoms with Gasteiger partial charge in [-0.15, -0.1) is 0 Å². The molecule has 0 aliphatic carbocycles. The summed E-state index contributed by atoms with van der Waals surface area (Å²) in [4.78, 5) is 11.9. The summed E-state index contributed by atoms with van der Waals surface area (Å²) in [5, 5.41) is 21.6. The van der Waals surface area contributed by atoms with Crippen molar-refractivity contribution in [3.05, 3.63) is 23.8 Å². The largest absolute Gasteiger partial charge is 0.504 e. The highest BCUT2D eigenvalue weighted by Crippen LogP contribution is 2.28. The first-order chi connectivity index (χ1) is 8.70. The van der Waals surface area contributed by atoms with Crippen LogP contribution in [0.4, 0.5) is 0 Å². The Labute approximate surface area is 113 Å². The summed E-state index contributed by atoms with van der Waals surface area (Å²) in [5.74, 6) is -1.17. The maximum atomic E-state index is 11.9. The van der Waals surface area contributed by atoms with Crippen LogP contribution in [0, 0.1) is 5.41 Å². The fraction of sp³-hybridized carbons (Fsp3) is 0.500. The van der Waals surface area contributed by atoms with Gasteiger partial charge in [0, 0.05) is 12.6 Å². The van der Waals surface area contributed by atoms with E-state index in [2.05, 4.69) is 26.1 Å². The van der Waals surface area contributed by atoms with E-state index in [1.54, 1.807) is 0 Å². The second-order valence-corrected chi connectivity index (χ2v) is 5.91. The maximum absolute atomic E-state index is 11.9. The number of amides is 1. The molecule has 1 rings (SSSR count). The quantitative estimate of drug-likeness (QED) is 0.622. The summed E-state index contributed by atoms with van der Waals surface area (Å²) in [6.07, 6.45) is 0.777. The van der Waals surface area contributed by atoms with Crippen molar-refractivity contribution in [2.75, 3.05) is 6.54 Å². The fourth-order valence-electron chi connectivity index (χ4n) is 1.89. The number of phenolic OH excluding ortho intramolecular Hbond substituents is 2. The van der Waals surface area contributed by atoms with Crippen LogP contribution >= 0.6 is 0 Å². The average Bonchev–Trinajstić information content (AvgIpc) is 2.27. The number of aromatic hydroxyl groups is 2. The van der Waals surface area contributed by atoms with Gasteiger partial charge >= 0.3 is 0 Å². The molecule has 1 unspecified atom stereocenters. The maximum Gasteiger partial charge on any atom is 0.255 e. The van der Waals surface area contributed by atoms with Gasteiger partial charge in [0.1, 0.15) is 0 Å². The SMILES string of the molecule is CC(C)(C)CC(N)CNC(=O)c1cccc(O)c1O. The Balaban J connectivity index is 2.59. The van der Waals surface area contributed by atoms with Gasteiger partial charge < -0.3 is 21.3 Å². The van der Waals surface area contributed by atoms with Crippen LogP contribution in [-0.4, -0.2) is 28.7 Å². The third kappa shape index (κ3) is 4.79. The molecule has 1 amide bonds. The van der Waals surface area contributed by atoms with Crippen LogP contribution in [0.15, 0.2) is 18.2 Å². The van der Waals surface area contributed by atoms with Crippen molar-refractivity contribution in [1.29, 1.82) is 0 Å². The van der Waals surface area contributed by atoms with Gasteiger partial charge in [-0.1, -0.05) is 26.8 Å². The number of phenols is 2. The zero-order valence-corrected chi connectivity index (χ0v) is 11.6. The summed E-state index contributed by atoms with van der Waals surface area (Å²) in [5.41, 5.74) is 6.07. The topological polar surface area (TPSA) is 95.6 Å². The normalized spacial score (nSPS) is 13.1. The molecule has 1 aromatic carbocycles. The van der Waals surface area contributed by atoms with Crippen LogP contribution in [0.5, 0.6) is 11.5 Å². The molecule has 5 heteroatoms. The lowest BCUT2D eigenvalue weighted by Gasteiger charge is -2.23. The first-order valence-electron chi connectivity index (χ1n) is 6.25. The fourth-order valence-corrected chi connectivity index (χ4v) is 1.89. The molecule has 106 valence electrons. The minimum Gasteiger partial charge on any atom is -0.504 e. The molecule has 1 aromatic rings. The lowest BCUT2D eigenvalue weighted by molar-refractivity contribution is 0.0945. The van der Waals surface area contributed by atoms with Crippen LogP contribution < -0.4 is 11.1 Å². The average molecular weight is 266 g/mol. The van der Waals surface area contributed by atoms with Crippen molar-refractivity contribution in [2.24, 2.45) is 11.1 Å². The van der Waals surface area contributed by atoms with E-state index < -0.39 is 11.7 Å². The van der Waals surface area contributed by atoms with Crippen molar-refractivity contribution < 1.29 is 15.0 Å². The van der Waals surface area contributed by atoms with E-state index in [9.17, 15) is 15.0 Å². The number of carbonyl (C=O) groups excluding carboxylic acids is 1. The van der Waals surface area contributed by atoms with E-state index in [0.29, 0.717) is 6.54 Å². The number of hydrogen-bond donors (Lipinski definition) is 4. The van der Waals surface area contributed by atoms with Crippen molar-refractivity contribution in [1.82, 2.24) is 5.32 Å². The first kappa shape index (κ1) is 15.3. The molecule has 19 heavy (non-hydrogen) atoms. The van der Waals surface area contributed by atoms with E-state index in [4.69, 9.17) is 5.73 Å². The Hall–Kier alpha value is -1.75. The minimum absolute atomic E-state index is 0.0444. The van der Waals surface area contributed by atoms with Crippen LogP contribution in [0.1, 0.15) is 37.6 Å². The Morgan fingerprint density at radius 2 is 2.00 bits per heavy atom. The van der Waals surface area contributed by atoms with Gasteiger partial charge in [-0.25, -0.2) is 0 Å². The number of nitrogens with one attached hydrogen (secondary N) is 1. The van der Waals surface area contributed by atoms with E-state index in [-0.39, 0.29) is 22.8 Å². The molecular formula is C14H22N2O3. The van der Waals surface area contributed by atoms with Crippen molar-refractivity contribution >= 4 is 5.91 Å². The first-order valence-corrected chi connectivity index (χ1v) is 6.25. The predicted octanol–water partition coefficient (Wildman–Crippen LogP) is 1.59. The molecular weight excluding hydrogens is 244 g/mol. The molecule has 0 aliphatic rings. The van der Waals surface area contributed by atoms with Crippen LogP contribution in [-0.2, 0) is 0 Å². The number of hydrogen-bond acceptors (Lipinski definition) is 4. The summed E-state index contributed by atoms with van der Waals surface area (Å²) in [6.45, 7) is 6.56. The lowest BCUT2D eigenvalue weighted by atomic mass is 9.88. The van der Waals surface area contributed by atoms with Gasteiger partial charge in [0.2, 0.25) is 0 Å². The molecule has 0 heterocycles. The summed E-state index contributed by atoms with van der Waals surface area (Å²) < 4.78 is 0. The standard InChI is InChI=1S/C14H22N2O3/c1-14(2,3)7-9(15)8-16-13(19)10-5-4-6-11(17)12(10)18/h4-6,9,17-18H,7-8,15H2,1-3H3,(H,16,19). The third-order valence-electron chi connectivity index (χ3n) is 2.66. The van der Waals surface area contributed by atoms with Crippen molar-refractivity contribution in [2.45, 2.75) is 33.2 Å². The van der Waals surface area contributed by atoms with E-state index >= 15 is 0 Å². The van der Waals surface area contributed by atoms with Crippen molar-refractivity contribution in [3.8, 4) is 11.5 Å². The Morgan fingerprint density at radius 3 is 2.58 bits per heavy atom. The van der Waals surface area contributed by atoms with Gasteiger partial charge in [-0.2, -0.15) is 0 Å². The Bertz CT molecular complexity index is 452. The number of carbonyl (C=O) groups is 1. The third-order valence-corrected chi connectivity index (χ3v) is 2.66. The molecule has 0 saturated heterocycles. The Morgan fingerprint density at radius 1 is 1.37 bits per heavy atom. The van der Waals surface area contributed by atoms with Gasteiger partial charge in [0.25, 0.3) is 5.91 Å². The highest BCUT2D eigenvalue weighted by molar-refractivity contribution is 5.97. The molecule has 0 saturated carbocycles. The predicted molar refractivity (Wildman–Crippen MR) is 74.2 cm³/mol. The van der Waals surface area contributed by atoms with Gasteiger partial charge in [0.15, 0.2) is 11.5 Å². The second kappa shape index (κ2) is 5.93. The van der Waals surface area contributed by atoms with Crippen molar-refractivity contribution in [3.63, 3.8) is 0 Å². The zero-order chi connectivity index (χ0) is 14.6. The summed E-state index contributed by atoms with van der Waals surface area (Å²) in [6, 6.07) is 4.11. The van der Waals surface area contributed by atoms with Crippen LogP contribution in [0.25, 0.3) is 0 Å². The molecule has 0 aromatic heterocycles.